The lowest BCUT2D eigenvalue weighted by molar-refractivity contribution is 0.0178. The quantitative estimate of drug-likeness (QED) is 0.912. The second-order valence-electron chi connectivity index (χ2n) is 4.36. The maximum atomic E-state index is 13.8. The summed E-state index contributed by atoms with van der Waals surface area (Å²) in [5.74, 6) is -2.45. The van der Waals surface area contributed by atoms with Crippen LogP contribution in [0.25, 0.3) is 11.4 Å². The maximum absolute atomic E-state index is 13.8. The van der Waals surface area contributed by atoms with Gasteiger partial charge in [0.05, 0.1) is 20.8 Å². The van der Waals surface area contributed by atoms with Crippen LogP contribution in [0.1, 0.15) is 18.4 Å². The fourth-order valence-corrected chi connectivity index (χ4v) is 1.87. The molecule has 1 heterocycles. The molecular weight excluding hydrogens is 284 g/mol. The van der Waals surface area contributed by atoms with E-state index in [9.17, 15) is 8.78 Å². The third-order valence-electron chi connectivity index (χ3n) is 2.88. The van der Waals surface area contributed by atoms with Crippen LogP contribution in [0.3, 0.4) is 0 Å². The third kappa shape index (κ3) is 2.94. The fourth-order valence-electron chi connectivity index (χ4n) is 1.87. The zero-order valence-corrected chi connectivity index (χ0v) is 11.8. The molecule has 2 rings (SSSR count). The van der Waals surface area contributed by atoms with Gasteiger partial charge in [0.15, 0.2) is 11.5 Å². The Morgan fingerprint density at radius 1 is 1.24 bits per heavy atom. The van der Waals surface area contributed by atoms with E-state index in [1.165, 1.54) is 26.4 Å². The van der Waals surface area contributed by atoms with Gasteiger partial charge in [0.1, 0.15) is 0 Å². The molecule has 114 valence electrons. The van der Waals surface area contributed by atoms with Crippen molar-refractivity contribution in [3.63, 3.8) is 0 Å². The topological polar surface area (TPSA) is 83.4 Å². The average molecular weight is 299 g/mol. The number of nitrogens with two attached hydrogens (primary N) is 1. The van der Waals surface area contributed by atoms with Crippen molar-refractivity contribution in [1.82, 2.24) is 10.1 Å². The standard InChI is InChI=1S/C13H15F2N3O3/c1-13(14,15)8-5-10(20-3)9(19-2)4-7(8)12-17-11(6-16)21-18-12/h4-5H,6,16H2,1-3H3. The molecule has 6 nitrogen and oxygen atoms in total. The van der Waals surface area contributed by atoms with Gasteiger partial charge >= 0.3 is 0 Å². The fraction of sp³-hybridized carbons (Fsp3) is 0.385. The van der Waals surface area contributed by atoms with Gasteiger partial charge in [-0.1, -0.05) is 5.16 Å². The first kappa shape index (κ1) is 15.2. The molecule has 0 unspecified atom stereocenters. The van der Waals surface area contributed by atoms with Crippen molar-refractivity contribution in [3.05, 3.63) is 23.6 Å². The van der Waals surface area contributed by atoms with Gasteiger partial charge in [-0.05, 0) is 12.1 Å². The van der Waals surface area contributed by atoms with E-state index in [0.717, 1.165) is 6.92 Å². The van der Waals surface area contributed by atoms with Crippen LogP contribution in [0, 0.1) is 0 Å². The lowest BCUT2D eigenvalue weighted by Crippen LogP contribution is -2.10. The van der Waals surface area contributed by atoms with E-state index in [-0.39, 0.29) is 35.1 Å². The monoisotopic (exact) mass is 299 g/mol. The van der Waals surface area contributed by atoms with E-state index < -0.39 is 5.92 Å². The maximum Gasteiger partial charge on any atom is 0.271 e. The summed E-state index contributed by atoms with van der Waals surface area (Å²) in [6.45, 7) is 0.805. The molecule has 0 saturated carbocycles. The van der Waals surface area contributed by atoms with Gasteiger partial charge in [-0.25, -0.2) is 8.78 Å². The highest BCUT2D eigenvalue weighted by atomic mass is 19.3. The molecule has 0 spiro atoms. The van der Waals surface area contributed by atoms with E-state index >= 15 is 0 Å². The minimum atomic E-state index is -3.11. The molecule has 0 atom stereocenters. The van der Waals surface area contributed by atoms with E-state index in [1.807, 2.05) is 0 Å². The molecule has 2 N–H and O–H groups in total. The number of methoxy groups -OCH3 is 2. The number of ether oxygens (including phenoxy) is 2. The second-order valence-corrected chi connectivity index (χ2v) is 4.36. The van der Waals surface area contributed by atoms with Gasteiger partial charge < -0.3 is 19.7 Å². The second kappa shape index (κ2) is 5.65. The summed E-state index contributed by atoms with van der Waals surface area (Å²) in [6.07, 6.45) is 0. The molecule has 2 aromatic rings. The SMILES string of the molecule is COc1cc(-c2noc(CN)n2)c(C(C)(F)F)cc1OC. The molecule has 0 saturated heterocycles. The number of nitrogens with zero attached hydrogens (tertiary/aromatic N) is 2. The van der Waals surface area contributed by atoms with Gasteiger partial charge in [0.2, 0.25) is 11.7 Å². The van der Waals surface area contributed by atoms with Crippen molar-refractivity contribution < 1.29 is 22.8 Å². The smallest absolute Gasteiger partial charge is 0.271 e. The molecule has 0 aliphatic rings. The minimum Gasteiger partial charge on any atom is -0.493 e. The molecule has 0 aliphatic heterocycles. The zero-order valence-electron chi connectivity index (χ0n) is 11.8. The number of benzene rings is 1. The van der Waals surface area contributed by atoms with Gasteiger partial charge in [0.25, 0.3) is 5.92 Å². The Bertz CT molecular complexity index is 638. The van der Waals surface area contributed by atoms with E-state index in [1.54, 1.807) is 0 Å². The van der Waals surface area contributed by atoms with Gasteiger partial charge in [-0.2, -0.15) is 4.98 Å². The van der Waals surface area contributed by atoms with Gasteiger partial charge in [0, 0.05) is 18.1 Å². The minimum absolute atomic E-state index is 0.0212. The first-order chi connectivity index (χ1) is 9.90. The predicted octanol–water partition coefficient (Wildman–Crippen LogP) is 2.32. The van der Waals surface area contributed by atoms with E-state index in [0.29, 0.717) is 5.75 Å². The normalized spacial score (nSPS) is 11.5. The molecule has 1 aromatic heterocycles. The highest BCUT2D eigenvalue weighted by Crippen LogP contribution is 2.41. The number of aromatic nitrogens is 2. The van der Waals surface area contributed by atoms with Crippen LogP contribution in [-0.4, -0.2) is 24.4 Å². The van der Waals surface area contributed by atoms with Gasteiger partial charge in [-0.3, -0.25) is 0 Å². The molecule has 0 amide bonds. The number of hydrogen-bond donors (Lipinski definition) is 1. The summed E-state index contributed by atoms with van der Waals surface area (Å²) < 4.78 is 42.7. The number of hydrogen-bond acceptors (Lipinski definition) is 6. The van der Waals surface area contributed by atoms with E-state index in [4.69, 9.17) is 19.7 Å². The Labute approximate surface area is 119 Å². The van der Waals surface area contributed by atoms with Crippen molar-refractivity contribution in [2.75, 3.05) is 14.2 Å². The molecule has 21 heavy (non-hydrogen) atoms. The molecule has 0 aliphatic carbocycles. The highest BCUT2D eigenvalue weighted by molar-refractivity contribution is 5.67. The first-order valence-corrected chi connectivity index (χ1v) is 6.08. The van der Waals surface area contributed by atoms with Crippen LogP contribution >= 0.6 is 0 Å². The average Bonchev–Trinajstić information content (AvgIpc) is 2.93. The van der Waals surface area contributed by atoms with Crippen LogP contribution in [-0.2, 0) is 12.5 Å². The summed E-state index contributed by atoms with van der Waals surface area (Å²) in [4.78, 5) is 3.97. The summed E-state index contributed by atoms with van der Waals surface area (Å²) in [6, 6.07) is 2.59. The summed E-state index contributed by atoms with van der Waals surface area (Å²) in [5, 5.41) is 3.67. The van der Waals surface area contributed by atoms with E-state index in [2.05, 4.69) is 10.1 Å². The van der Waals surface area contributed by atoms with Crippen molar-refractivity contribution >= 4 is 0 Å². The first-order valence-electron chi connectivity index (χ1n) is 6.08. The lowest BCUT2D eigenvalue weighted by atomic mass is 10.0. The summed E-state index contributed by atoms with van der Waals surface area (Å²) in [7, 11) is 2.78. The Morgan fingerprint density at radius 2 is 1.86 bits per heavy atom. The Morgan fingerprint density at radius 3 is 2.33 bits per heavy atom. The lowest BCUT2D eigenvalue weighted by Gasteiger charge is -2.17. The van der Waals surface area contributed by atoms with Crippen LogP contribution in [0.5, 0.6) is 11.5 Å². The van der Waals surface area contributed by atoms with Crippen LogP contribution in [0.15, 0.2) is 16.7 Å². The number of halogens is 2. The summed E-state index contributed by atoms with van der Waals surface area (Å²) >= 11 is 0. The molecule has 8 heteroatoms. The van der Waals surface area contributed by atoms with Crippen LogP contribution in [0.2, 0.25) is 0 Å². The predicted molar refractivity (Wildman–Crippen MR) is 70.3 cm³/mol. The number of rotatable bonds is 5. The molecule has 0 fully saturated rings. The van der Waals surface area contributed by atoms with Crippen molar-refractivity contribution in [3.8, 4) is 22.9 Å². The Hall–Kier alpha value is -2.22. The molecule has 1 aromatic carbocycles. The molecule has 0 bridgehead atoms. The highest BCUT2D eigenvalue weighted by Gasteiger charge is 2.31. The van der Waals surface area contributed by atoms with Crippen molar-refractivity contribution in [1.29, 1.82) is 0 Å². The Balaban J connectivity index is 2.66. The largest absolute Gasteiger partial charge is 0.493 e. The molecular formula is C13H15F2N3O3. The summed E-state index contributed by atoms with van der Waals surface area (Å²) in [5.41, 5.74) is 5.19. The van der Waals surface area contributed by atoms with Crippen molar-refractivity contribution in [2.24, 2.45) is 5.73 Å². The third-order valence-corrected chi connectivity index (χ3v) is 2.88. The Kier molecular flexibility index (Phi) is 4.08. The van der Waals surface area contributed by atoms with Crippen LogP contribution in [0.4, 0.5) is 8.78 Å². The van der Waals surface area contributed by atoms with Gasteiger partial charge in [-0.15, -0.1) is 0 Å². The van der Waals surface area contributed by atoms with Crippen LogP contribution < -0.4 is 15.2 Å². The number of alkyl halides is 2. The molecule has 0 radical (unpaired) electrons. The zero-order chi connectivity index (χ0) is 15.6. The van der Waals surface area contributed by atoms with Crippen molar-refractivity contribution in [2.45, 2.75) is 19.4 Å².